The Kier molecular flexibility index (Phi) is 8.16. The smallest absolute Gasteiger partial charge is 0.331 e. The van der Waals surface area contributed by atoms with E-state index in [0.29, 0.717) is 13.0 Å². The lowest BCUT2D eigenvalue weighted by molar-refractivity contribution is -0.137. The molecule has 0 fully saturated rings. The second-order valence-corrected chi connectivity index (χ2v) is 8.14. The van der Waals surface area contributed by atoms with Gasteiger partial charge in [-0.05, 0) is 55.2 Å². The number of hydrogen-bond acceptors (Lipinski definition) is 6. The van der Waals surface area contributed by atoms with Crippen molar-refractivity contribution < 1.29 is 22.7 Å². The van der Waals surface area contributed by atoms with Crippen LogP contribution in [0.3, 0.4) is 0 Å². The molecular formula is C22H24N2O5S. The van der Waals surface area contributed by atoms with E-state index >= 15 is 0 Å². The lowest BCUT2D eigenvalue weighted by atomic mass is 10.0. The van der Waals surface area contributed by atoms with Crippen molar-refractivity contribution in [3.63, 3.8) is 0 Å². The normalized spacial score (nSPS) is 11.6. The lowest BCUT2D eigenvalue weighted by Crippen LogP contribution is -2.26. The minimum absolute atomic E-state index is 0.0703. The van der Waals surface area contributed by atoms with Gasteiger partial charge in [0.05, 0.1) is 25.3 Å². The number of esters is 1. The van der Waals surface area contributed by atoms with Crippen LogP contribution in [-0.4, -0.2) is 34.6 Å². The molecule has 2 aromatic rings. The predicted octanol–water partition coefficient (Wildman–Crippen LogP) is 3.05. The third kappa shape index (κ3) is 6.17. The molecular weight excluding hydrogens is 404 g/mol. The minimum Gasteiger partial charge on any atom is -0.495 e. The van der Waals surface area contributed by atoms with Gasteiger partial charge in [0.25, 0.3) is 0 Å². The highest BCUT2D eigenvalue weighted by Crippen LogP contribution is 2.24. The Balaban J connectivity index is 2.03. The highest BCUT2D eigenvalue weighted by atomic mass is 32.2. The number of nitrogens with zero attached hydrogens (tertiary/aromatic N) is 1. The van der Waals surface area contributed by atoms with Crippen LogP contribution in [0.25, 0.3) is 5.57 Å². The number of nitriles is 1. The van der Waals surface area contributed by atoms with E-state index in [4.69, 9.17) is 14.7 Å². The van der Waals surface area contributed by atoms with Crippen LogP contribution < -0.4 is 9.46 Å². The maximum Gasteiger partial charge on any atom is 0.331 e. The quantitative estimate of drug-likeness (QED) is 0.486. The number of allylic oxidation sites excluding steroid dienone is 1. The Morgan fingerprint density at radius 2 is 1.90 bits per heavy atom. The summed E-state index contributed by atoms with van der Waals surface area (Å²) in [6.45, 7) is 4.08. The van der Waals surface area contributed by atoms with Crippen LogP contribution in [0, 0.1) is 11.3 Å². The fraction of sp³-hybridized carbons (Fsp3) is 0.273. The van der Waals surface area contributed by atoms with Gasteiger partial charge in [-0.3, -0.25) is 0 Å². The lowest BCUT2D eigenvalue weighted by Gasteiger charge is -2.11. The summed E-state index contributed by atoms with van der Waals surface area (Å²) < 4.78 is 37.8. The first-order valence-corrected chi connectivity index (χ1v) is 10.8. The summed E-state index contributed by atoms with van der Waals surface area (Å²) in [5, 5.41) is 9.02. The molecule has 0 radical (unpaired) electrons. The van der Waals surface area contributed by atoms with E-state index in [1.165, 1.54) is 31.4 Å². The van der Waals surface area contributed by atoms with Crippen LogP contribution in [0.4, 0.5) is 0 Å². The van der Waals surface area contributed by atoms with Crippen molar-refractivity contribution in [2.45, 2.75) is 25.2 Å². The number of carbonyl (C=O) groups is 1. The van der Waals surface area contributed by atoms with Crippen LogP contribution in [0.15, 0.2) is 53.4 Å². The van der Waals surface area contributed by atoms with Gasteiger partial charge in [0.15, 0.2) is 0 Å². The average molecular weight is 429 g/mol. The molecule has 0 spiro atoms. The van der Waals surface area contributed by atoms with Crippen molar-refractivity contribution in [1.29, 1.82) is 5.26 Å². The zero-order valence-electron chi connectivity index (χ0n) is 17.1. The Labute approximate surface area is 177 Å². The van der Waals surface area contributed by atoms with E-state index in [-0.39, 0.29) is 28.7 Å². The molecule has 0 heterocycles. The maximum absolute atomic E-state index is 12.6. The van der Waals surface area contributed by atoms with E-state index in [2.05, 4.69) is 4.72 Å². The van der Waals surface area contributed by atoms with E-state index in [1.54, 1.807) is 6.92 Å². The van der Waals surface area contributed by atoms with Crippen molar-refractivity contribution in [3.8, 4) is 11.8 Å². The van der Waals surface area contributed by atoms with Gasteiger partial charge < -0.3 is 9.47 Å². The van der Waals surface area contributed by atoms with Crippen LogP contribution in [0.5, 0.6) is 5.75 Å². The highest BCUT2D eigenvalue weighted by molar-refractivity contribution is 7.89. The summed E-state index contributed by atoms with van der Waals surface area (Å²) in [5.41, 5.74) is 2.83. The molecule has 2 rings (SSSR count). The average Bonchev–Trinajstić information content (AvgIpc) is 2.73. The molecule has 30 heavy (non-hydrogen) atoms. The van der Waals surface area contributed by atoms with Gasteiger partial charge in [0.1, 0.15) is 10.6 Å². The first-order chi connectivity index (χ1) is 14.3. The summed E-state index contributed by atoms with van der Waals surface area (Å²) >= 11 is 0. The summed E-state index contributed by atoms with van der Waals surface area (Å²) in [6.07, 6.45) is 1.91. The number of sulfonamides is 1. The monoisotopic (exact) mass is 428 g/mol. The zero-order chi connectivity index (χ0) is 22.1. The van der Waals surface area contributed by atoms with Crippen molar-refractivity contribution >= 4 is 21.6 Å². The molecule has 0 bridgehead atoms. The van der Waals surface area contributed by atoms with Gasteiger partial charge in [-0.2, -0.15) is 5.26 Å². The number of benzene rings is 2. The topological polar surface area (TPSA) is 105 Å². The third-order valence-corrected chi connectivity index (χ3v) is 5.80. The van der Waals surface area contributed by atoms with Crippen LogP contribution >= 0.6 is 0 Å². The van der Waals surface area contributed by atoms with Gasteiger partial charge in [-0.15, -0.1) is 0 Å². The van der Waals surface area contributed by atoms with Gasteiger partial charge in [0.2, 0.25) is 10.0 Å². The molecule has 7 nitrogen and oxygen atoms in total. The summed E-state index contributed by atoms with van der Waals surface area (Å²) in [7, 11) is -2.46. The summed E-state index contributed by atoms with van der Waals surface area (Å²) in [5.74, 6) is -0.209. The summed E-state index contributed by atoms with van der Waals surface area (Å²) in [6, 6.07) is 13.7. The van der Waals surface area contributed by atoms with Gasteiger partial charge in [0, 0.05) is 12.6 Å². The van der Waals surface area contributed by atoms with Crippen molar-refractivity contribution in [2.75, 3.05) is 20.3 Å². The number of rotatable bonds is 9. The maximum atomic E-state index is 12.6. The molecule has 1 N–H and O–H groups in total. The predicted molar refractivity (Wildman–Crippen MR) is 113 cm³/mol. The fourth-order valence-electron chi connectivity index (χ4n) is 2.74. The van der Waals surface area contributed by atoms with Gasteiger partial charge in [-0.25, -0.2) is 17.9 Å². The van der Waals surface area contributed by atoms with Crippen LogP contribution in [0.2, 0.25) is 0 Å². The molecule has 0 saturated carbocycles. The molecule has 0 aromatic heterocycles. The first-order valence-electron chi connectivity index (χ1n) is 9.33. The van der Waals surface area contributed by atoms with Crippen LogP contribution in [-0.2, 0) is 26.0 Å². The van der Waals surface area contributed by atoms with Gasteiger partial charge in [-0.1, -0.05) is 24.3 Å². The highest BCUT2D eigenvalue weighted by Gasteiger charge is 2.19. The Hall–Kier alpha value is -3.15. The molecule has 8 heteroatoms. The largest absolute Gasteiger partial charge is 0.495 e. The number of methoxy groups -OCH3 is 1. The number of ether oxygens (including phenoxy) is 2. The number of nitrogens with one attached hydrogen (secondary N) is 1. The van der Waals surface area contributed by atoms with Crippen LogP contribution in [0.1, 0.15) is 30.5 Å². The molecule has 0 aliphatic heterocycles. The van der Waals surface area contributed by atoms with Crippen molar-refractivity contribution in [2.24, 2.45) is 0 Å². The third-order valence-electron chi connectivity index (χ3n) is 4.32. The van der Waals surface area contributed by atoms with Crippen molar-refractivity contribution in [3.05, 3.63) is 65.2 Å². The Bertz CT molecular complexity index is 1070. The van der Waals surface area contributed by atoms with Gasteiger partial charge >= 0.3 is 5.97 Å². The molecule has 0 amide bonds. The van der Waals surface area contributed by atoms with Crippen molar-refractivity contribution in [1.82, 2.24) is 4.72 Å². The molecule has 0 aliphatic carbocycles. The van der Waals surface area contributed by atoms with E-state index in [1.807, 2.05) is 37.3 Å². The standard InChI is InChI=1S/C22H24N2O5S/c1-4-29-22(25)13-16(2)19-8-5-17(6-9-19)11-12-24-30(26,27)21-14-18(15-23)7-10-20(21)28-3/h5-10,13-14,24H,4,11-12H2,1-3H3. The zero-order valence-corrected chi connectivity index (χ0v) is 18.0. The molecule has 0 aliphatic rings. The molecule has 158 valence electrons. The fourth-order valence-corrected chi connectivity index (χ4v) is 3.97. The Morgan fingerprint density at radius 3 is 2.50 bits per heavy atom. The summed E-state index contributed by atoms with van der Waals surface area (Å²) in [4.78, 5) is 11.5. The minimum atomic E-state index is -3.83. The first kappa shape index (κ1) is 23.1. The molecule has 0 unspecified atom stereocenters. The Morgan fingerprint density at radius 1 is 1.20 bits per heavy atom. The number of hydrogen-bond donors (Lipinski definition) is 1. The van der Waals surface area contributed by atoms with E-state index in [9.17, 15) is 13.2 Å². The second-order valence-electron chi connectivity index (χ2n) is 6.40. The molecule has 0 saturated heterocycles. The molecule has 2 aromatic carbocycles. The second kappa shape index (κ2) is 10.6. The number of carbonyl (C=O) groups excluding carboxylic acids is 1. The van der Waals surface area contributed by atoms with E-state index < -0.39 is 10.0 Å². The SMILES string of the molecule is CCOC(=O)C=C(C)c1ccc(CCNS(=O)(=O)c2cc(C#N)ccc2OC)cc1. The molecule has 0 atom stereocenters. The van der Waals surface area contributed by atoms with E-state index in [0.717, 1.165) is 16.7 Å².